The topological polar surface area (TPSA) is 86.8 Å². The Hall–Kier alpha value is -2.69. The summed E-state index contributed by atoms with van der Waals surface area (Å²) in [6, 6.07) is 10.7. The third-order valence-corrected chi connectivity index (χ3v) is 4.44. The van der Waals surface area contributed by atoms with Crippen molar-refractivity contribution in [1.29, 1.82) is 5.26 Å². The molecular weight excluding hydrogens is 334 g/mol. The van der Waals surface area contributed by atoms with Gasteiger partial charge in [0, 0.05) is 38.1 Å². The highest BCUT2D eigenvalue weighted by atomic mass is 16.5. The Morgan fingerprint density at radius 2 is 2.00 bits per heavy atom. The average Bonchev–Trinajstić information content (AvgIpc) is 2.68. The summed E-state index contributed by atoms with van der Waals surface area (Å²) in [5, 5.41) is 9.58. The molecule has 0 atom stereocenters. The van der Waals surface area contributed by atoms with Gasteiger partial charge in [-0.25, -0.2) is 4.79 Å². The molecule has 1 amide bonds. The maximum absolute atomic E-state index is 12.9. The zero-order chi connectivity index (χ0) is 18.4. The monoisotopic (exact) mass is 355 g/mol. The van der Waals surface area contributed by atoms with Gasteiger partial charge in [-0.05, 0) is 12.1 Å². The molecule has 136 valence electrons. The lowest BCUT2D eigenvalue weighted by Gasteiger charge is -2.29. The smallest absolute Gasteiger partial charge is 0.349 e. The second-order valence-corrected chi connectivity index (χ2v) is 6.14. The van der Waals surface area contributed by atoms with Crippen LogP contribution in [0.15, 0.2) is 39.5 Å². The van der Waals surface area contributed by atoms with Gasteiger partial charge >= 0.3 is 5.63 Å². The van der Waals surface area contributed by atoms with E-state index in [1.54, 1.807) is 29.2 Å². The molecule has 7 nitrogen and oxygen atoms in total. The highest BCUT2D eigenvalue weighted by Gasteiger charge is 2.21. The van der Waals surface area contributed by atoms with Crippen LogP contribution < -0.4 is 5.63 Å². The number of morpholine rings is 1. The summed E-state index contributed by atoms with van der Waals surface area (Å²) in [5.74, 6) is -0.395. The number of fused-ring (bicyclic) bond motifs is 1. The van der Waals surface area contributed by atoms with Crippen molar-refractivity contribution in [1.82, 2.24) is 9.80 Å². The van der Waals surface area contributed by atoms with Gasteiger partial charge in [0.05, 0.1) is 25.7 Å². The molecule has 1 fully saturated rings. The van der Waals surface area contributed by atoms with Crippen LogP contribution in [0.2, 0.25) is 0 Å². The molecule has 2 aromatic rings. The number of nitriles is 1. The fraction of sp³-hybridized carbons (Fsp3) is 0.421. The number of nitrogens with zero attached hydrogens (tertiary/aromatic N) is 3. The number of hydrogen-bond acceptors (Lipinski definition) is 6. The Kier molecular flexibility index (Phi) is 6.00. The Balaban J connectivity index is 1.78. The minimum Gasteiger partial charge on any atom is -0.422 e. The quantitative estimate of drug-likeness (QED) is 0.730. The van der Waals surface area contributed by atoms with Crippen LogP contribution in [0, 0.1) is 11.3 Å². The lowest BCUT2D eigenvalue weighted by Crippen LogP contribution is -2.44. The summed E-state index contributed by atoms with van der Waals surface area (Å²) in [7, 11) is 0. The summed E-state index contributed by atoms with van der Waals surface area (Å²) >= 11 is 0. The fourth-order valence-electron chi connectivity index (χ4n) is 2.97. The molecule has 0 bridgehead atoms. The lowest BCUT2D eigenvalue weighted by atomic mass is 10.1. The lowest BCUT2D eigenvalue weighted by molar-refractivity contribution is 0.0326. The molecule has 0 spiro atoms. The number of carbonyl (C=O) groups is 1. The molecule has 7 heteroatoms. The highest BCUT2D eigenvalue weighted by molar-refractivity contribution is 5.96. The van der Waals surface area contributed by atoms with Crippen LogP contribution in [-0.2, 0) is 4.74 Å². The van der Waals surface area contributed by atoms with Crippen LogP contribution in [0.1, 0.15) is 16.8 Å². The molecule has 0 N–H and O–H groups in total. The Morgan fingerprint density at radius 1 is 1.23 bits per heavy atom. The molecule has 1 saturated heterocycles. The Labute approximate surface area is 151 Å². The molecule has 26 heavy (non-hydrogen) atoms. The second kappa shape index (κ2) is 8.61. The number of hydrogen-bond donors (Lipinski definition) is 0. The van der Waals surface area contributed by atoms with Crippen molar-refractivity contribution in [2.75, 3.05) is 45.9 Å². The van der Waals surface area contributed by atoms with E-state index in [0.29, 0.717) is 37.3 Å². The Morgan fingerprint density at radius 3 is 2.77 bits per heavy atom. The highest BCUT2D eigenvalue weighted by Crippen LogP contribution is 2.14. The van der Waals surface area contributed by atoms with E-state index in [-0.39, 0.29) is 18.5 Å². The average molecular weight is 355 g/mol. The van der Waals surface area contributed by atoms with Crippen molar-refractivity contribution in [3.05, 3.63) is 46.3 Å². The van der Waals surface area contributed by atoms with Crippen molar-refractivity contribution in [2.45, 2.75) is 6.42 Å². The number of ether oxygens (including phenoxy) is 1. The van der Waals surface area contributed by atoms with E-state index in [2.05, 4.69) is 11.0 Å². The minimum atomic E-state index is -0.651. The zero-order valence-corrected chi connectivity index (χ0v) is 14.5. The van der Waals surface area contributed by atoms with E-state index >= 15 is 0 Å². The van der Waals surface area contributed by atoms with E-state index in [1.807, 2.05) is 6.07 Å². The molecule has 1 aliphatic heterocycles. The van der Waals surface area contributed by atoms with Crippen molar-refractivity contribution in [2.24, 2.45) is 0 Å². The fourth-order valence-corrected chi connectivity index (χ4v) is 2.97. The van der Waals surface area contributed by atoms with E-state index in [4.69, 9.17) is 14.4 Å². The first-order valence-corrected chi connectivity index (χ1v) is 8.68. The normalized spacial score (nSPS) is 14.9. The van der Waals surface area contributed by atoms with E-state index in [0.717, 1.165) is 13.1 Å². The van der Waals surface area contributed by atoms with Crippen molar-refractivity contribution in [3.63, 3.8) is 0 Å². The molecule has 1 aliphatic rings. The standard InChI is InChI=1S/C19H21N3O4/c20-6-3-7-22(9-8-21-10-12-25-13-11-21)18(23)16-14-15-4-1-2-5-17(15)26-19(16)24/h1-2,4-5,14H,3,7-13H2. The first kappa shape index (κ1) is 18.1. The zero-order valence-electron chi connectivity index (χ0n) is 14.5. The molecule has 2 heterocycles. The van der Waals surface area contributed by atoms with Gasteiger partial charge in [0.15, 0.2) is 0 Å². The number of para-hydroxylation sites is 1. The van der Waals surface area contributed by atoms with Crippen LogP contribution in [0.4, 0.5) is 0 Å². The molecular formula is C19H21N3O4. The number of amides is 1. The van der Waals surface area contributed by atoms with Crippen LogP contribution in [-0.4, -0.2) is 61.6 Å². The van der Waals surface area contributed by atoms with Gasteiger partial charge in [-0.3, -0.25) is 9.69 Å². The maximum atomic E-state index is 12.9. The summed E-state index contributed by atoms with van der Waals surface area (Å²) < 4.78 is 10.6. The first-order chi connectivity index (χ1) is 12.7. The number of rotatable bonds is 6. The van der Waals surface area contributed by atoms with Gasteiger partial charge in [-0.2, -0.15) is 5.26 Å². The van der Waals surface area contributed by atoms with Crippen molar-refractivity contribution < 1.29 is 13.9 Å². The van der Waals surface area contributed by atoms with Crippen LogP contribution >= 0.6 is 0 Å². The number of carbonyl (C=O) groups excluding carboxylic acids is 1. The second-order valence-electron chi connectivity index (χ2n) is 6.14. The largest absolute Gasteiger partial charge is 0.422 e. The van der Waals surface area contributed by atoms with Gasteiger partial charge in [0.1, 0.15) is 11.1 Å². The van der Waals surface area contributed by atoms with Gasteiger partial charge in [0.25, 0.3) is 5.91 Å². The van der Waals surface area contributed by atoms with Crippen LogP contribution in [0.5, 0.6) is 0 Å². The van der Waals surface area contributed by atoms with Gasteiger partial charge in [-0.1, -0.05) is 18.2 Å². The predicted octanol–water partition coefficient (Wildman–Crippen LogP) is 1.48. The molecule has 0 saturated carbocycles. The Bertz CT molecular complexity index is 865. The van der Waals surface area contributed by atoms with E-state index in [9.17, 15) is 9.59 Å². The summed E-state index contributed by atoms with van der Waals surface area (Å²) in [4.78, 5) is 28.9. The first-order valence-electron chi connectivity index (χ1n) is 8.68. The summed E-state index contributed by atoms with van der Waals surface area (Å²) in [6.07, 6.45) is 0.216. The third-order valence-electron chi connectivity index (χ3n) is 4.44. The van der Waals surface area contributed by atoms with Crippen LogP contribution in [0.3, 0.4) is 0 Å². The van der Waals surface area contributed by atoms with E-state index in [1.165, 1.54) is 0 Å². The maximum Gasteiger partial charge on any atom is 0.349 e. The summed E-state index contributed by atoms with van der Waals surface area (Å²) in [5.41, 5.74) is -0.198. The van der Waals surface area contributed by atoms with Crippen molar-refractivity contribution >= 4 is 16.9 Å². The van der Waals surface area contributed by atoms with Gasteiger partial charge < -0.3 is 14.1 Å². The van der Waals surface area contributed by atoms with E-state index < -0.39 is 11.5 Å². The summed E-state index contributed by atoms with van der Waals surface area (Å²) in [6.45, 7) is 4.41. The molecule has 1 aromatic carbocycles. The molecule has 0 aliphatic carbocycles. The SMILES string of the molecule is N#CCCN(CCN1CCOCC1)C(=O)c1cc2ccccc2oc1=O. The molecule has 0 radical (unpaired) electrons. The van der Waals surface area contributed by atoms with Crippen molar-refractivity contribution in [3.8, 4) is 6.07 Å². The van der Waals surface area contributed by atoms with Crippen LogP contribution in [0.25, 0.3) is 11.0 Å². The molecule has 0 unspecified atom stereocenters. The minimum absolute atomic E-state index is 0.00335. The number of benzene rings is 1. The third kappa shape index (κ3) is 4.28. The molecule has 1 aromatic heterocycles. The van der Waals surface area contributed by atoms with Gasteiger partial charge in [0.2, 0.25) is 0 Å². The predicted molar refractivity (Wildman–Crippen MR) is 95.9 cm³/mol. The van der Waals surface area contributed by atoms with Gasteiger partial charge in [-0.15, -0.1) is 0 Å². The molecule has 3 rings (SSSR count).